The van der Waals surface area contributed by atoms with E-state index in [1.807, 2.05) is 36.4 Å². The lowest BCUT2D eigenvalue weighted by Crippen LogP contribution is -2.28. The lowest BCUT2D eigenvalue weighted by Gasteiger charge is -2.06. The van der Waals surface area contributed by atoms with Gasteiger partial charge in [0.25, 0.3) is 5.91 Å². The molecule has 2 heterocycles. The molecule has 0 spiro atoms. The molecular weight excluding hydrogens is 462 g/mol. The second-order valence-corrected chi connectivity index (χ2v) is 7.64. The molecule has 4 rings (SSSR count). The normalized spacial score (nSPS) is 10.7. The summed E-state index contributed by atoms with van der Waals surface area (Å²) >= 11 is 3.36. The number of halogens is 1. The van der Waals surface area contributed by atoms with Crippen LogP contribution in [0.1, 0.15) is 15.9 Å². The van der Waals surface area contributed by atoms with E-state index in [4.69, 9.17) is 0 Å². The molecular formula is C22H18BrN5O3. The van der Waals surface area contributed by atoms with Crippen LogP contribution in [0.15, 0.2) is 82.2 Å². The molecule has 9 heteroatoms. The summed E-state index contributed by atoms with van der Waals surface area (Å²) in [5, 5.41) is 9.73. The minimum Gasteiger partial charge on any atom is -0.348 e. The van der Waals surface area contributed by atoms with Crippen molar-refractivity contribution in [2.45, 2.75) is 13.1 Å². The maximum absolute atomic E-state index is 12.7. The van der Waals surface area contributed by atoms with Crippen LogP contribution in [0, 0.1) is 0 Å². The zero-order valence-corrected chi connectivity index (χ0v) is 17.9. The zero-order valence-electron chi connectivity index (χ0n) is 16.3. The average molecular weight is 480 g/mol. The van der Waals surface area contributed by atoms with Crippen molar-refractivity contribution < 1.29 is 9.59 Å². The SMILES string of the molecule is O=C(Cn1nc2ccc(C(=O)NCc3ccccc3)cn2c1=O)Nc1ccccc1Br. The molecule has 31 heavy (non-hydrogen) atoms. The van der Waals surface area contributed by atoms with Crippen LogP contribution in [0.25, 0.3) is 5.65 Å². The summed E-state index contributed by atoms with van der Waals surface area (Å²) in [6.45, 7) is 0.123. The minimum atomic E-state index is -0.505. The van der Waals surface area contributed by atoms with Crippen LogP contribution in [0.2, 0.25) is 0 Å². The van der Waals surface area contributed by atoms with Crippen LogP contribution in [0.4, 0.5) is 5.69 Å². The number of carbonyl (C=O) groups excluding carboxylic acids is 2. The smallest absolute Gasteiger partial charge is 0.348 e. The van der Waals surface area contributed by atoms with E-state index in [9.17, 15) is 14.4 Å². The first-order valence-electron chi connectivity index (χ1n) is 9.47. The van der Waals surface area contributed by atoms with Crippen molar-refractivity contribution in [2.24, 2.45) is 0 Å². The fourth-order valence-corrected chi connectivity index (χ4v) is 3.41. The van der Waals surface area contributed by atoms with Gasteiger partial charge in [0.1, 0.15) is 6.54 Å². The van der Waals surface area contributed by atoms with E-state index < -0.39 is 11.6 Å². The van der Waals surface area contributed by atoms with Crippen molar-refractivity contribution in [3.63, 3.8) is 0 Å². The van der Waals surface area contributed by atoms with E-state index >= 15 is 0 Å². The Morgan fingerprint density at radius 1 is 0.968 bits per heavy atom. The monoisotopic (exact) mass is 479 g/mol. The molecule has 0 aliphatic rings. The van der Waals surface area contributed by atoms with Gasteiger partial charge >= 0.3 is 5.69 Å². The third-order valence-corrected chi connectivity index (χ3v) is 5.27. The van der Waals surface area contributed by atoms with Crippen molar-refractivity contribution in [1.29, 1.82) is 0 Å². The van der Waals surface area contributed by atoms with E-state index in [2.05, 4.69) is 31.7 Å². The number of nitrogens with zero attached hydrogens (tertiary/aromatic N) is 3. The van der Waals surface area contributed by atoms with Crippen LogP contribution in [0.3, 0.4) is 0 Å². The molecule has 0 bridgehead atoms. The van der Waals surface area contributed by atoms with E-state index in [1.54, 1.807) is 30.3 Å². The number of amides is 2. The number of aromatic nitrogens is 3. The average Bonchev–Trinajstić information content (AvgIpc) is 3.09. The second kappa shape index (κ2) is 8.97. The maximum atomic E-state index is 12.7. The Labute approximate surface area is 185 Å². The predicted octanol–water partition coefficient (Wildman–Crippen LogP) is 2.83. The topological polar surface area (TPSA) is 97.5 Å². The molecule has 0 saturated heterocycles. The highest BCUT2D eigenvalue weighted by atomic mass is 79.9. The molecule has 0 radical (unpaired) electrons. The largest absolute Gasteiger partial charge is 0.350 e. The van der Waals surface area contributed by atoms with Gasteiger partial charge in [-0.05, 0) is 45.8 Å². The first kappa shape index (κ1) is 20.5. The van der Waals surface area contributed by atoms with E-state index in [0.717, 1.165) is 14.7 Å². The number of hydrogen-bond acceptors (Lipinski definition) is 4. The molecule has 2 amide bonds. The van der Waals surface area contributed by atoms with Gasteiger partial charge in [0.15, 0.2) is 5.65 Å². The third-order valence-electron chi connectivity index (χ3n) is 4.58. The number of nitrogens with one attached hydrogen (secondary N) is 2. The summed E-state index contributed by atoms with van der Waals surface area (Å²) < 4.78 is 3.05. The fraction of sp³-hybridized carbons (Fsp3) is 0.0909. The number of hydrogen-bond donors (Lipinski definition) is 2. The maximum Gasteiger partial charge on any atom is 0.350 e. The van der Waals surface area contributed by atoms with Gasteiger partial charge in [-0.15, -0.1) is 5.10 Å². The predicted molar refractivity (Wildman–Crippen MR) is 120 cm³/mol. The molecule has 0 unspecified atom stereocenters. The van der Waals surface area contributed by atoms with Crippen molar-refractivity contribution in [3.8, 4) is 0 Å². The van der Waals surface area contributed by atoms with Crippen LogP contribution in [0.5, 0.6) is 0 Å². The van der Waals surface area contributed by atoms with Crippen molar-refractivity contribution in [2.75, 3.05) is 5.32 Å². The summed E-state index contributed by atoms with van der Waals surface area (Å²) in [7, 11) is 0. The highest BCUT2D eigenvalue weighted by molar-refractivity contribution is 9.10. The quantitative estimate of drug-likeness (QED) is 0.444. The summed E-state index contributed by atoms with van der Waals surface area (Å²) in [5.74, 6) is -0.699. The Hall–Kier alpha value is -3.72. The van der Waals surface area contributed by atoms with Crippen LogP contribution < -0.4 is 16.3 Å². The van der Waals surface area contributed by atoms with Gasteiger partial charge in [-0.3, -0.25) is 9.59 Å². The Balaban J connectivity index is 1.48. The number of benzene rings is 2. The van der Waals surface area contributed by atoms with Crippen LogP contribution >= 0.6 is 15.9 Å². The van der Waals surface area contributed by atoms with Gasteiger partial charge in [0.05, 0.1) is 11.3 Å². The molecule has 0 aliphatic heterocycles. The first-order chi connectivity index (χ1) is 15.0. The third kappa shape index (κ3) is 4.72. The standard InChI is InChI=1S/C22H18BrN5O3/c23-17-8-4-5-9-18(17)25-20(29)14-28-22(31)27-13-16(10-11-19(27)26-28)21(30)24-12-15-6-2-1-3-7-15/h1-11,13H,12,14H2,(H,24,30)(H,25,29). The molecule has 0 saturated carbocycles. The summed E-state index contributed by atoms with van der Waals surface area (Å²) in [4.78, 5) is 37.5. The number of carbonyl (C=O) groups is 2. The molecule has 0 fully saturated rings. The molecule has 156 valence electrons. The van der Waals surface area contributed by atoms with Crippen molar-refractivity contribution >= 4 is 39.1 Å². The van der Waals surface area contributed by atoms with E-state index in [1.165, 1.54) is 10.6 Å². The minimum absolute atomic E-state index is 0.253. The number of rotatable bonds is 6. The molecule has 0 aliphatic carbocycles. The van der Waals surface area contributed by atoms with Crippen LogP contribution in [-0.2, 0) is 17.9 Å². The molecule has 2 aromatic heterocycles. The Kier molecular flexibility index (Phi) is 5.94. The number of anilines is 1. The van der Waals surface area contributed by atoms with Crippen LogP contribution in [-0.4, -0.2) is 26.0 Å². The highest BCUT2D eigenvalue weighted by Crippen LogP contribution is 2.21. The Bertz CT molecular complexity index is 1310. The highest BCUT2D eigenvalue weighted by Gasteiger charge is 2.14. The van der Waals surface area contributed by atoms with Gasteiger partial charge in [0, 0.05) is 17.2 Å². The van der Waals surface area contributed by atoms with Gasteiger partial charge in [-0.1, -0.05) is 42.5 Å². The lowest BCUT2D eigenvalue weighted by atomic mass is 10.2. The number of pyridine rings is 1. The second-order valence-electron chi connectivity index (χ2n) is 6.78. The van der Waals surface area contributed by atoms with Gasteiger partial charge in [0.2, 0.25) is 5.91 Å². The lowest BCUT2D eigenvalue weighted by molar-refractivity contribution is -0.117. The summed E-state index contributed by atoms with van der Waals surface area (Å²) in [5.41, 5.74) is 1.73. The summed E-state index contributed by atoms with van der Waals surface area (Å²) in [6, 6.07) is 19.9. The van der Waals surface area contributed by atoms with Crippen molar-refractivity contribution in [1.82, 2.24) is 19.5 Å². The Morgan fingerprint density at radius 3 is 2.48 bits per heavy atom. The molecule has 2 N–H and O–H groups in total. The molecule has 4 aromatic rings. The number of para-hydroxylation sites is 1. The molecule has 8 nitrogen and oxygen atoms in total. The van der Waals surface area contributed by atoms with Gasteiger partial charge < -0.3 is 10.6 Å². The van der Waals surface area contributed by atoms with E-state index in [-0.39, 0.29) is 12.5 Å². The fourth-order valence-electron chi connectivity index (χ4n) is 3.02. The molecule has 2 aromatic carbocycles. The Morgan fingerprint density at radius 2 is 1.71 bits per heavy atom. The number of fused-ring (bicyclic) bond motifs is 1. The zero-order chi connectivity index (χ0) is 21.8. The van der Waals surface area contributed by atoms with Gasteiger partial charge in [-0.2, -0.15) is 0 Å². The first-order valence-corrected chi connectivity index (χ1v) is 10.3. The summed E-state index contributed by atoms with van der Waals surface area (Å²) in [6.07, 6.45) is 1.42. The van der Waals surface area contributed by atoms with Gasteiger partial charge in [-0.25, -0.2) is 13.9 Å². The van der Waals surface area contributed by atoms with Crippen molar-refractivity contribution in [3.05, 3.63) is 99.0 Å². The van der Waals surface area contributed by atoms with E-state index in [0.29, 0.717) is 23.4 Å². The molecule has 0 atom stereocenters.